The summed E-state index contributed by atoms with van der Waals surface area (Å²) in [6.07, 6.45) is 3.50. The van der Waals surface area contributed by atoms with Gasteiger partial charge in [0.05, 0.1) is 11.3 Å². The van der Waals surface area contributed by atoms with Crippen LogP contribution in [0.1, 0.15) is 16.8 Å². The lowest BCUT2D eigenvalue weighted by molar-refractivity contribution is 0.306. The molecule has 0 aliphatic rings. The summed E-state index contributed by atoms with van der Waals surface area (Å²) in [5.74, 6) is 0.798. The van der Waals surface area contributed by atoms with Crippen molar-refractivity contribution in [1.29, 1.82) is 5.26 Å². The van der Waals surface area contributed by atoms with Gasteiger partial charge in [-0.3, -0.25) is 4.98 Å². The molecule has 0 unspecified atom stereocenters. The molecule has 0 atom stereocenters. The van der Waals surface area contributed by atoms with Crippen LogP contribution in [0.3, 0.4) is 0 Å². The Hall–Kier alpha value is -3.38. The molecular formula is C21H16N2O. The highest BCUT2D eigenvalue weighted by Gasteiger charge is 2.02. The highest BCUT2D eigenvalue weighted by Crippen LogP contribution is 2.19. The van der Waals surface area contributed by atoms with Crippen molar-refractivity contribution >= 4 is 11.6 Å². The molecule has 0 bridgehead atoms. The summed E-state index contributed by atoms with van der Waals surface area (Å²) in [7, 11) is 0. The first-order valence-corrected chi connectivity index (χ1v) is 7.65. The number of nitrogens with zero attached hydrogens (tertiary/aromatic N) is 2. The van der Waals surface area contributed by atoms with Crippen molar-refractivity contribution in [3.8, 4) is 11.8 Å². The van der Waals surface area contributed by atoms with Gasteiger partial charge in [-0.15, -0.1) is 0 Å². The Bertz CT molecular complexity index is 848. The summed E-state index contributed by atoms with van der Waals surface area (Å²) in [5, 5.41) is 9.32. The van der Waals surface area contributed by atoms with Gasteiger partial charge in [0.25, 0.3) is 0 Å². The molecule has 0 N–H and O–H groups in total. The van der Waals surface area contributed by atoms with Gasteiger partial charge in [-0.05, 0) is 41.5 Å². The summed E-state index contributed by atoms with van der Waals surface area (Å²) < 4.78 is 5.76. The van der Waals surface area contributed by atoms with Crippen LogP contribution in [0.4, 0.5) is 0 Å². The van der Waals surface area contributed by atoms with Crippen LogP contribution < -0.4 is 4.74 Å². The number of allylic oxidation sites excluding steroid dienone is 1. The van der Waals surface area contributed by atoms with E-state index in [1.54, 1.807) is 6.20 Å². The maximum absolute atomic E-state index is 9.32. The first-order chi connectivity index (χ1) is 11.8. The van der Waals surface area contributed by atoms with Gasteiger partial charge in [-0.25, -0.2) is 0 Å². The van der Waals surface area contributed by atoms with E-state index in [9.17, 15) is 5.26 Å². The molecular weight excluding hydrogens is 296 g/mol. The first kappa shape index (κ1) is 15.5. The monoisotopic (exact) mass is 312 g/mol. The van der Waals surface area contributed by atoms with Crippen LogP contribution in [-0.4, -0.2) is 4.98 Å². The Morgan fingerprint density at radius 3 is 2.38 bits per heavy atom. The van der Waals surface area contributed by atoms with Crippen LogP contribution in [0, 0.1) is 11.3 Å². The van der Waals surface area contributed by atoms with Gasteiger partial charge < -0.3 is 4.74 Å². The van der Waals surface area contributed by atoms with Crippen molar-refractivity contribution in [1.82, 2.24) is 4.98 Å². The zero-order valence-corrected chi connectivity index (χ0v) is 13.1. The average molecular weight is 312 g/mol. The predicted octanol–water partition coefficient (Wildman–Crippen LogP) is 4.72. The lowest BCUT2D eigenvalue weighted by Gasteiger charge is -2.06. The van der Waals surface area contributed by atoms with Crippen LogP contribution in [-0.2, 0) is 6.61 Å². The summed E-state index contributed by atoms with van der Waals surface area (Å²) in [4.78, 5) is 4.21. The van der Waals surface area contributed by atoms with E-state index in [0.717, 1.165) is 16.9 Å². The predicted molar refractivity (Wildman–Crippen MR) is 94.9 cm³/mol. The van der Waals surface area contributed by atoms with Crippen LogP contribution in [0.25, 0.3) is 11.6 Å². The molecule has 0 saturated carbocycles. The van der Waals surface area contributed by atoms with E-state index < -0.39 is 0 Å². The van der Waals surface area contributed by atoms with Crippen LogP contribution in [0.15, 0.2) is 79.0 Å². The molecule has 0 aliphatic heterocycles. The molecule has 3 heteroatoms. The second-order valence-corrected chi connectivity index (χ2v) is 5.23. The fourth-order valence-corrected chi connectivity index (χ4v) is 2.25. The highest BCUT2D eigenvalue weighted by atomic mass is 16.5. The minimum absolute atomic E-state index is 0.535. The van der Waals surface area contributed by atoms with Crippen molar-refractivity contribution in [3.63, 3.8) is 0 Å². The van der Waals surface area contributed by atoms with Crippen LogP contribution in [0.5, 0.6) is 5.75 Å². The van der Waals surface area contributed by atoms with E-state index in [-0.39, 0.29) is 0 Å². The molecule has 3 aromatic rings. The van der Waals surface area contributed by atoms with Crippen LogP contribution >= 0.6 is 0 Å². The number of hydrogen-bond acceptors (Lipinski definition) is 3. The normalized spacial score (nSPS) is 10.9. The Balaban J connectivity index is 1.70. The van der Waals surface area contributed by atoms with Crippen molar-refractivity contribution in [2.75, 3.05) is 0 Å². The number of benzene rings is 2. The number of ether oxygens (including phenoxy) is 1. The SMILES string of the molecule is N#C/C(=C/c1ccc(OCc2ccccc2)cc1)c1ccccn1. The van der Waals surface area contributed by atoms with Crippen molar-refractivity contribution in [2.24, 2.45) is 0 Å². The Kier molecular flexibility index (Phi) is 5.01. The lowest BCUT2D eigenvalue weighted by Crippen LogP contribution is -1.94. The minimum Gasteiger partial charge on any atom is -0.489 e. The van der Waals surface area contributed by atoms with Crippen molar-refractivity contribution in [2.45, 2.75) is 6.61 Å². The first-order valence-electron chi connectivity index (χ1n) is 7.65. The minimum atomic E-state index is 0.535. The van der Waals surface area contributed by atoms with Gasteiger partial charge >= 0.3 is 0 Å². The molecule has 3 nitrogen and oxygen atoms in total. The second-order valence-electron chi connectivity index (χ2n) is 5.23. The quantitative estimate of drug-likeness (QED) is 0.640. The maximum atomic E-state index is 9.32. The van der Waals surface area contributed by atoms with E-state index in [1.165, 1.54) is 0 Å². The van der Waals surface area contributed by atoms with Crippen LogP contribution in [0.2, 0.25) is 0 Å². The zero-order valence-electron chi connectivity index (χ0n) is 13.1. The van der Waals surface area contributed by atoms with Gasteiger partial charge in [-0.1, -0.05) is 48.5 Å². The van der Waals surface area contributed by atoms with Gasteiger partial charge in [0.15, 0.2) is 0 Å². The number of rotatable bonds is 5. The zero-order chi connectivity index (χ0) is 16.6. The molecule has 0 spiro atoms. The Labute approximate surface area is 141 Å². The number of hydrogen-bond donors (Lipinski definition) is 0. The van der Waals surface area contributed by atoms with E-state index in [1.807, 2.05) is 78.9 Å². The Morgan fingerprint density at radius 2 is 1.71 bits per heavy atom. The number of pyridine rings is 1. The van der Waals surface area contributed by atoms with Crippen molar-refractivity contribution in [3.05, 3.63) is 95.8 Å². The maximum Gasteiger partial charge on any atom is 0.119 e. The van der Waals surface area contributed by atoms with Gasteiger partial charge in [0.2, 0.25) is 0 Å². The number of nitriles is 1. The average Bonchev–Trinajstić information content (AvgIpc) is 2.67. The largest absolute Gasteiger partial charge is 0.489 e. The third kappa shape index (κ3) is 4.08. The van der Waals surface area contributed by atoms with Crippen molar-refractivity contribution < 1.29 is 4.74 Å². The molecule has 0 amide bonds. The lowest BCUT2D eigenvalue weighted by atomic mass is 10.1. The second kappa shape index (κ2) is 7.75. The fourth-order valence-electron chi connectivity index (χ4n) is 2.25. The molecule has 1 heterocycles. The highest BCUT2D eigenvalue weighted by molar-refractivity contribution is 5.88. The van der Waals surface area contributed by atoms with Gasteiger partial charge in [0.1, 0.15) is 18.4 Å². The molecule has 116 valence electrons. The van der Waals surface area contributed by atoms with E-state index in [2.05, 4.69) is 11.1 Å². The van der Waals surface area contributed by atoms with E-state index in [0.29, 0.717) is 17.9 Å². The third-order valence-corrected chi connectivity index (χ3v) is 3.50. The molecule has 3 rings (SSSR count). The summed E-state index contributed by atoms with van der Waals surface area (Å²) in [6.45, 7) is 0.535. The Morgan fingerprint density at radius 1 is 0.958 bits per heavy atom. The fraction of sp³-hybridized carbons (Fsp3) is 0.0476. The van der Waals surface area contributed by atoms with E-state index in [4.69, 9.17) is 4.74 Å². The molecule has 1 aromatic heterocycles. The molecule has 0 fully saturated rings. The standard InChI is InChI=1S/C21H16N2O/c22-15-19(21-8-4-5-13-23-21)14-17-9-11-20(12-10-17)24-16-18-6-2-1-3-7-18/h1-14H,16H2/b19-14-. The molecule has 24 heavy (non-hydrogen) atoms. The van der Waals surface area contributed by atoms with E-state index >= 15 is 0 Å². The molecule has 0 aliphatic carbocycles. The topological polar surface area (TPSA) is 45.9 Å². The smallest absolute Gasteiger partial charge is 0.119 e. The van der Waals surface area contributed by atoms with Gasteiger partial charge in [-0.2, -0.15) is 5.26 Å². The summed E-state index contributed by atoms with van der Waals surface area (Å²) >= 11 is 0. The molecule has 0 saturated heterocycles. The molecule has 2 aromatic carbocycles. The summed E-state index contributed by atoms with van der Waals surface area (Å²) in [5.41, 5.74) is 3.27. The van der Waals surface area contributed by atoms with Gasteiger partial charge in [0, 0.05) is 6.20 Å². The summed E-state index contributed by atoms with van der Waals surface area (Å²) in [6, 6.07) is 25.4. The number of aromatic nitrogens is 1. The molecule has 0 radical (unpaired) electrons. The third-order valence-electron chi connectivity index (χ3n) is 3.50.